The Labute approximate surface area is 146 Å². The summed E-state index contributed by atoms with van der Waals surface area (Å²) in [6, 6.07) is 10.3. The molecule has 0 saturated carbocycles. The lowest BCUT2D eigenvalue weighted by atomic mass is 9.93. The van der Waals surface area contributed by atoms with Gasteiger partial charge in [0.05, 0.1) is 19.2 Å². The van der Waals surface area contributed by atoms with Crippen LogP contribution in [0.25, 0.3) is 0 Å². The Hall–Kier alpha value is -1.69. The Balaban J connectivity index is 1.46. The number of rotatable bonds is 3. The first kappa shape index (κ1) is 15.8. The second-order valence-corrected chi connectivity index (χ2v) is 7.55. The van der Waals surface area contributed by atoms with E-state index >= 15 is 0 Å². The van der Waals surface area contributed by atoms with Gasteiger partial charge in [-0.1, -0.05) is 24.3 Å². The minimum absolute atomic E-state index is 0.0545. The minimum Gasteiger partial charge on any atom is -0.394 e. The molecule has 1 aromatic heterocycles. The monoisotopic (exact) mass is 342 g/mol. The molecule has 5 heteroatoms. The summed E-state index contributed by atoms with van der Waals surface area (Å²) in [4.78, 5) is 18.3. The maximum atomic E-state index is 12.8. The molecule has 4 nitrogen and oxygen atoms in total. The zero-order chi connectivity index (χ0) is 16.5. The number of carbonyl (C=O) groups excluding carboxylic acids is 1. The Kier molecular flexibility index (Phi) is 4.39. The van der Waals surface area contributed by atoms with Gasteiger partial charge in [-0.05, 0) is 41.0 Å². The summed E-state index contributed by atoms with van der Waals surface area (Å²) in [6.45, 7) is 2.80. The molecule has 1 amide bonds. The second-order valence-electron chi connectivity index (χ2n) is 6.55. The van der Waals surface area contributed by atoms with Gasteiger partial charge in [-0.2, -0.15) is 0 Å². The van der Waals surface area contributed by atoms with Crippen LogP contribution in [0.5, 0.6) is 0 Å². The van der Waals surface area contributed by atoms with Crippen LogP contribution >= 0.6 is 11.3 Å². The summed E-state index contributed by atoms with van der Waals surface area (Å²) in [7, 11) is 0. The lowest BCUT2D eigenvalue weighted by Crippen LogP contribution is -2.46. The zero-order valence-electron chi connectivity index (χ0n) is 13.6. The van der Waals surface area contributed by atoms with Crippen molar-refractivity contribution in [1.29, 1.82) is 0 Å². The molecule has 0 radical (unpaired) electrons. The first-order valence-electron chi connectivity index (χ1n) is 8.52. The van der Waals surface area contributed by atoms with E-state index in [4.69, 9.17) is 0 Å². The molecular weight excluding hydrogens is 320 g/mol. The molecule has 0 spiro atoms. The highest BCUT2D eigenvalue weighted by molar-refractivity contribution is 7.10. The summed E-state index contributed by atoms with van der Waals surface area (Å²) in [5.41, 5.74) is 3.75. The van der Waals surface area contributed by atoms with Crippen LogP contribution in [0, 0.1) is 0 Å². The van der Waals surface area contributed by atoms with Gasteiger partial charge in [-0.25, -0.2) is 0 Å². The molecular formula is C19H22N2O2S. The van der Waals surface area contributed by atoms with Gasteiger partial charge in [-0.15, -0.1) is 11.3 Å². The maximum absolute atomic E-state index is 12.8. The van der Waals surface area contributed by atoms with Crippen molar-refractivity contribution < 1.29 is 9.90 Å². The topological polar surface area (TPSA) is 43.8 Å². The molecule has 0 bridgehead atoms. The van der Waals surface area contributed by atoms with Crippen molar-refractivity contribution >= 4 is 17.2 Å². The lowest BCUT2D eigenvalue weighted by Gasteiger charge is -2.37. The number of benzene rings is 1. The van der Waals surface area contributed by atoms with Crippen LogP contribution in [0.4, 0.5) is 0 Å². The molecule has 1 unspecified atom stereocenters. The molecule has 1 atom stereocenters. The van der Waals surface area contributed by atoms with E-state index < -0.39 is 0 Å². The third-order valence-corrected chi connectivity index (χ3v) is 6.22. The summed E-state index contributed by atoms with van der Waals surface area (Å²) in [6.07, 6.45) is 1.90. The average molecular weight is 342 g/mol. The molecule has 126 valence electrons. The molecule has 0 saturated heterocycles. The van der Waals surface area contributed by atoms with Crippen LogP contribution in [0.2, 0.25) is 0 Å². The van der Waals surface area contributed by atoms with Crippen molar-refractivity contribution in [3.8, 4) is 0 Å². The van der Waals surface area contributed by atoms with Crippen LogP contribution in [0.1, 0.15) is 27.6 Å². The molecule has 3 heterocycles. The predicted octanol–water partition coefficient (Wildman–Crippen LogP) is 2.22. The van der Waals surface area contributed by atoms with Crippen molar-refractivity contribution in [3.05, 3.63) is 57.3 Å². The number of aliphatic hydroxyl groups is 1. The summed E-state index contributed by atoms with van der Waals surface area (Å²) < 4.78 is 0. The van der Waals surface area contributed by atoms with Crippen molar-refractivity contribution in [2.45, 2.75) is 25.4 Å². The Morgan fingerprint density at radius 1 is 1.17 bits per heavy atom. The third-order valence-electron chi connectivity index (χ3n) is 5.19. The minimum atomic E-state index is -0.0691. The summed E-state index contributed by atoms with van der Waals surface area (Å²) >= 11 is 1.79. The number of thiophene rings is 1. The van der Waals surface area contributed by atoms with E-state index in [1.807, 2.05) is 17.0 Å². The quantitative estimate of drug-likeness (QED) is 0.930. The smallest absolute Gasteiger partial charge is 0.237 e. The van der Waals surface area contributed by atoms with Gasteiger partial charge >= 0.3 is 0 Å². The summed E-state index contributed by atoms with van der Waals surface area (Å²) in [5, 5.41) is 12.0. The van der Waals surface area contributed by atoms with E-state index in [0.29, 0.717) is 6.54 Å². The van der Waals surface area contributed by atoms with E-state index in [9.17, 15) is 9.90 Å². The van der Waals surface area contributed by atoms with E-state index in [2.05, 4.69) is 28.5 Å². The standard InChI is InChI=1S/C19H22N2O2S/c22-13-17-16-4-2-1-3-14(16)5-8-20(17)12-19(23)21-9-6-18-15(11-21)7-10-24-18/h1-4,7,10,17,22H,5-6,8-9,11-13H2. The third kappa shape index (κ3) is 2.88. The Bertz CT molecular complexity index is 742. The maximum Gasteiger partial charge on any atom is 0.237 e. The first-order chi connectivity index (χ1) is 11.8. The van der Waals surface area contributed by atoms with Crippen LogP contribution in [0.3, 0.4) is 0 Å². The van der Waals surface area contributed by atoms with Gasteiger partial charge in [-0.3, -0.25) is 9.69 Å². The van der Waals surface area contributed by atoms with Crippen LogP contribution in [0.15, 0.2) is 35.7 Å². The highest BCUT2D eigenvalue weighted by Crippen LogP contribution is 2.30. The number of hydrogen-bond acceptors (Lipinski definition) is 4. The number of carbonyl (C=O) groups is 1. The number of hydrogen-bond donors (Lipinski definition) is 1. The number of aliphatic hydroxyl groups excluding tert-OH is 1. The predicted molar refractivity (Wildman–Crippen MR) is 95.0 cm³/mol. The van der Waals surface area contributed by atoms with Gasteiger partial charge in [0.25, 0.3) is 0 Å². The average Bonchev–Trinajstić information content (AvgIpc) is 3.09. The molecule has 2 aliphatic heterocycles. The highest BCUT2D eigenvalue weighted by atomic mass is 32.1. The molecule has 1 aromatic carbocycles. The second kappa shape index (κ2) is 6.67. The fraction of sp³-hybridized carbons (Fsp3) is 0.421. The molecule has 1 N–H and O–H groups in total. The first-order valence-corrected chi connectivity index (χ1v) is 9.40. The highest BCUT2D eigenvalue weighted by Gasteiger charge is 2.30. The number of amides is 1. The van der Waals surface area contributed by atoms with Gasteiger partial charge in [0.2, 0.25) is 5.91 Å². The van der Waals surface area contributed by atoms with Crippen molar-refractivity contribution in [1.82, 2.24) is 9.80 Å². The Morgan fingerprint density at radius 3 is 2.92 bits per heavy atom. The van der Waals surface area contributed by atoms with E-state index in [-0.39, 0.29) is 18.6 Å². The fourth-order valence-corrected chi connectivity index (χ4v) is 4.73. The molecule has 2 aromatic rings. The Morgan fingerprint density at radius 2 is 2.04 bits per heavy atom. The fourth-order valence-electron chi connectivity index (χ4n) is 3.84. The van der Waals surface area contributed by atoms with E-state index in [0.717, 1.165) is 38.0 Å². The normalized spacial score (nSPS) is 20.5. The molecule has 24 heavy (non-hydrogen) atoms. The molecule has 4 rings (SSSR count). The number of fused-ring (bicyclic) bond motifs is 2. The van der Waals surface area contributed by atoms with Crippen molar-refractivity contribution in [2.24, 2.45) is 0 Å². The van der Waals surface area contributed by atoms with Gasteiger partial charge < -0.3 is 10.0 Å². The van der Waals surface area contributed by atoms with Crippen LogP contribution in [-0.4, -0.2) is 47.1 Å². The van der Waals surface area contributed by atoms with Crippen molar-refractivity contribution in [3.63, 3.8) is 0 Å². The zero-order valence-corrected chi connectivity index (χ0v) is 14.5. The SMILES string of the molecule is O=C(CN1CCc2ccccc2C1CO)N1CCc2sccc2C1. The van der Waals surface area contributed by atoms with Gasteiger partial charge in [0, 0.05) is 24.5 Å². The van der Waals surface area contributed by atoms with Crippen LogP contribution in [-0.2, 0) is 24.2 Å². The van der Waals surface area contributed by atoms with Gasteiger partial charge in [0.15, 0.2) is 0 Å². The largest absolute Gasteiger partial charge is 0.394 e. The lowest BCUT2D eigenvalue weighted by molar-refractivity contribution is -0.134. The molecule has 0 aliphatic carbocycles. The van der Waals surface area contributed by atoms with E-state index in [1.54, 1.807) is 11.3 Å². The van der Waals surface area contributed by atoms with Crippen molar-refractivity contribution in [2.75, 3.05) is 26.2 Å². The van der Waals surface area contributed by atoms with Gasteiger partial charge in [0.1, 0.15) is 0 Å². The molecule has 0 fully saturated rings. The van der Waals surface area contributed by atoms with E-state index in [1.165, 1.54) is 16.0 Å². The molecule has 2 aliphatic rings. The number of nitrogens with zero attached hydrogens (tertiary/aromatic N) is 2. The summed E-state index contributed by atoms with van der Waals surface area (Å²) in [5.74, 6) is 0.171. The van der Waals surface area contributed by atoms with Crippen LogP contribution < -0.4 is 0 Å².